The Morgan fingerprint density at radius 1 is 0.919 bits per heavy atom. The van der Waals surface area contributed by atoms with E-state index >= 15 is 0 Å². The molecule has 1 aromatic heterocycles. The summed E-state index contributed by atoms with van der Waals surface area (Å²) >= 11 is 0. The molecule has 2 rings (SSSR count). The van der Waals surface area contributed by atoms with Crippen molar-refractivity contribution in [2.75, 3.05) is 54.3 Å². The van der Waals surface area contributed by atoms with Crippen molar-refractivity contribution in [3.63, 3.8) is 0 Å². The molecule has 18 heteroatoms. The molecule has 0 radical (unpaired) electrons. The zero-order valence-electron chi connectivity index (χ0n) is 19.3. The summed E-state index contributed by atoms with van der Waals surface area (Å²) in [4.78, 5) is 13.0. The molecular formula is C19H28N6O10S2. The van der Waals surface area contributed by atoms with Gasteiger partial charge in [0.25, 0.3) is 20.2 Å². The number of benzene rings is 1. The van der Waals surface area contributed by atoms with Crippen molar-refractivity contribution in [2.45, 2.75) is 17.0 Å². The minimum absolute atomic E-state index is 0.0903. The van der Waals surface area contributed by atoms with Crippen LogP contribution in [-0.4, -0.2) is 112 Å². The van der Waals surface area contributed by atoms with Gasteiger partial charge < -0.3 is 36.0 Å². The van der Waals surface area contributed by atoms with Gasteiger partial charge in [0, 0.05) is 12.2 Å². The maximum Gasteiger partial charge on any atom is 0.295 e. The van der Waals surface area contributed by atoms with Gasteiger partial charge in [0.15, 0.2) is 0 Å². The molecule has 0 unspecified atom stereocenters. The summed E-state index contributed by atoms with van der Waals surface area (Å²) in [5, 5.41) is 44.1. The molecule has 0 bridgehead atoms. The summed E-state index contributed by atoms with van der Waals surface area (Å²) < 4.78 is 64.1. The SMILES string of the molecule is C=Cc1ccc(Nc2nc(NCCS(=O)(=O)O)nc(N(C(CO)CO)C(CO)CO)n2)cc1S(=O)(=O)O. The number of aliphatic hydroxyl groups excluding tert-OH is 4. The Balaban J connectivity index is 2.60. The second kappa shape index (κ2) is 13.0. The average molecular weight is 565 g/mol. The van der Waals surface area contributed by atoms with Gasteiger partial charge in [-0.05, 0) is 17.7 Å². The summed E-state index contributed by atoms with van der Waals surface area (Å²) in [6.45, 7) is 0.625. The second-order valence-corrected chi connectivity index (χ2v) is 10.5. The van der Waals surface area contributed by atoms with Crippen LogP contribution in [0.3, 0.4) is 0 Å². The van der Waals surface area contributed by atoms with Crippen LogP contribution in [0.2, 0.25) is 0 Å². The van der Waals surface area contributed by atoms with E-state index in [1.165, 1.54) is 18.2 Å². The van der Waals surface area contributed by atoms with Crippen molar-refractivity contribution < 1.29 is 46.4 Å². The third kappa shape index (κ3) is 8.54. The van der Waals surface area contributed by atoms with Gasteiger partial charge in [-0.25, -0.2) is 0 Å². The minimum Gasteiger partial charge on any atom is -0.394 e. The lowest BCUT2D eigenvalue weighted by atomic mass is 10.2. The molecule has 1 heterocycles. The zero-order valence-corrected chi connectivity index (χ0v) is 21.0. The van der Waals surface area contributed by atoms with Crippen molar-refractivity contribution in [1.29, 1.82) is 0 Å². The summed E-state index contributed by atoms with van der Waals surface area (Å²) in [5.41, 5.74) is 0.207. The predicted molar refractivity (Wildman–Crippen MR) is 133 cm³/mol. The quantitative estimate of drug-likeness (QED) is 0.112. The summed E-state index contributed by atoms with van der Waals surface area (Å²) in [6, 6.07) is 1.69. The summed E-state index contributed by atoms with van der Waals surface area (Å²) in [5.74, 6) is -1.47. The van der Waals surface area contributed by atoms with E-state index in [1.807, 2.05) is 0 Å². The Morgan fingerprint density at radius 2 is 1.49 bits per heavy atom. The molecule has 37 heavy (non-hydrogen) atoms. The van der Waals surface area contributed by atoms with E-state index in [0.29, 0.717) is 0 Å². The number of nitrogens with one attached hydrogen (secondary N) is 2. The fraction of sp³-hybridized carbons (Fsp3) is 0.421. The van der Waals surface area contributed by atoms with Crippen molar-refractivity contribution in [2.24, 2.45) is 0 Å². The van der Waals surface area contributed by atoms with E-state index in [2.05, 4.69) is 32.2 Å². The highest BCUT2D eigenvalue weighted by Crippen LogP contribution is 2.25. The molecule has 1 aromatic carbocycles. The lowest BCUT2D eigenvalue weighted by molar-refractivity contribution is 0.142. The van der Waals surface area contributed by atoms with Gasteiger partial charge in [0.1, 0.15) is 4.90 Å². The van der Waals surface area contributed by atoms with Gasteiger partial charge in [0.2, 0.25) is 17.8 Å². The third-order valence-corrected chi connectivity index (χ3v) is 6.52. The van der Waals surface area contributed by atoms with Gasteiger partial charge in [-0.15, -0.1) is 0 Å². The second-order valence-electron chi connectivity index (χ2n) is 7.50. The largest absolute Gasteiger partial charge is 0.394 e. The van der Waals surface area contributed by atoms with Crippen LogP contribution in [0.25, 0.3) is 6.08 Å². The number of aliphatic hydroxyl groups is 4. The first-order chi connectivity index (χ1) is 17.4. The molecule has 206 valence electrons. The van der Waals surface area contributed by atoms with Crippen LogP contribution in [0.1, 0.15) is 5.56 Å². The van der Waals surface area contributed by atoms with Crippen molar-refractivity contribution in [3.05, 3.63) is 30.3 Å². The van der Waals surface area contributed by atoms with E-state index < -0.39 is 69.4 Å². The number of nitrogens with zero attached hydrogens (tertiary/aromatic N) is 4. The van der Waals surface area contributed by atoms with E-state index in [1.54, 1.807) is 0 Å². The fourth-order valence-electron chi connectivity index (χ4n) is 3.13. The molecule has 0 saturated heterocycles. The molecule has 0 atom stereocenters. The lowest BCUT2D eigenvalue weighted by Gasteiger charge is -2.35. The Bertz CT molecular complexity index is 1270. The lowest BCUT2D eigenvalue weighted by Crippen LogP contribution is -2.51. The first kappa shape index (κ1) is 30.3. The monoisotopic (exact) mass is 564 g/mol. The van der Waals surface area contributed by atoms with Crippen molar-refractivity contribution >= 4 is 49.8 Å². The Labute approximate surface area is 212 Å². The average Bonchev–Trinajstić information content (AvgIpc) is 2.83. The van der Waals surface area contributed by atoms with E-state index in [0.717, 1.165) is 11.0 Å². The van der Waals surface area contributed by atoms with Crippen LogP contribution in [0.15, 0.2) is 29.7 Å². The molecule has 0 spiro atoms. The number of aromatic nitrogens is 3. The Kier molecular flexibility index (Phi) is 10.6. The standard InChI is InChI=1S/C19H28N6O10S2/c1-2-12-3-4-13(7-16(12)37(33,34)35)21-18-22-17(20-5-6-36(30,31)32)23-19(24-18)25(14(8-26)9-27)15(10-28)11-29/h2-4,7,14-15,26-29H,1,5-6,8-11H2,(H,30,31,32)(H,33,34,35)(H2,20,21,22,23,24). The molecule has 8 N–H and O–H groups in total. The number of hydrogen-bond acceptors (Lipinski definition) is 14. The smallest absolute Gasteiger partial charge is 0.295 e. The van der Waals surface area contributed by atoms with Crippen LogP contribution < -0.4 is 15.5 Å². The van der Waals surface area contributed by atoms with E-state index in [9.17, 15) is 41.8 Å². The van der Waals surface area contributed by atoms with Crippen LogP contribution in [0.4, 0.5) is 23.5 Å². The molecule has 0 saturated carbocycles. The van der Waals surface area contributed by atoms with Crippen LogP contribution >= 0.6 is 0 Å². The first-order valence-corrected chi connectivity index (χ1v) is 13.6. The Hall–Kier alpha value is -2.97. The van der Waals surface area contributed by atoms with Crippen LogP contribution in [-0.2, 0) is 20.2 Å². The highest BCUT2D eigenvalue weighted by atomic mass is 32.2. The first-order valence-electron chi connectivity index (χ1n) is 10.5. The normalized spacial score (nSPS) is 12.1. The molecule has 0 aliphatic rings. The van der Waals surface area contributed by atoms with Gasteiger partial charge >= 0.3 is 0 Å². The van der Waals surface area contributed by atoms with Gasteiger partial charge in [0.05, 0.1) is 44.3 Å². The van der Waals surface area contributed by atoms with Crippen molar-refractivity contribution in [3.8, 4) is 0 Å². The zero-order chi connectivity index (χ0) is 27.8. The summed E-state index contributed by atoms with van der Waals surface area (Å²) in [7, 11) is -8.96. The topological polar surface area (TPSA) is 256 Å². The minimum atomic E-state index is -4.63. The fourth-order valence-corrected chi connectivity index (χ4v) is 4.22. The molecule has 0 amide bonds. The summed E-state index contributed by atoms with van der Waals surface area (Å²) in [6.07, 6.45) is 1.22. The Morgan fingerprint density at radius 3 is 1.97 bits per heavy atom. The maximum atomic E-state index is 11.8. The van der Waals surface area contributed by atoms with Gasteiger partial charge in [-0.2, -0.15) is 31.8 Å². The molecule has 0 aliphatic heterocycles. The molecule has 16 nitrogen and oxygen atoms in total. The molecule has 0 fully saturated rings. The van der Waals surface area contributed by atoms with Gasteiger partial charge in [-0.3, -0.25) is 9.11 Å². The van der Waals surface area contributed by atoms with Crippen LogP contribution in [0.5, 0.6) is 0 Å². The number of rotatable bonds is 15. The molecule has 0 aliphatic carbocycles. The highest BCUT2D eigenvalue weighted by molar-refractivity contribution is 7.86. The van der Waals surface area contributed by atoms with E-state index in [-0.39, 0.29) is 35.6 Å². The third-order valence-electron chi connectivity index (χ3n) is 4.89. The number of hydrogen-bond donors (Lipinski definition) is 8. The van der Waals surface area contributed by atoms with E-state index in [4.69, 9.17) is 4.55 Å². The maximum absolute atomic E-state index is 11.8. The molecular weight excluding hydrogens is 536 g/mol. The molecule has 2 aromatic rings. The number of anilines is 4. The predicted octanol–water partition coefficient (Wildman–Crippen LogP) is -1.68. The van der Waals surface area contributed by atoms with Gasteiger partial charge in [-0.1, -0.05) is 18.7 Å². The highest BCUT2D eigenvalue weighted by Gasteiger charge is 2.29. The van der Waals surface area contributed by atoms with Crippen LogP contribution in [0, 0.1) is 0 Å². The van der Waals surface area contributed by atoms with Crippen molar-refractivity contribution in [1.82, 2.24) is 15.0 Å².